The van der Waals surface area contributed by atoms with Gasteiger partial charge in [-0.3, -0.25) is 14.6 Å². The van der Waals surface area contributed by atoms with E-state index in [1.165, 1.54) is 37.7 Å². The fraction of sp³-hybridized carbons (Fsp3) is 0.683. The number of hydrogen-bond donors (Lipinski definition) is 5. The van der Waals surface area contributed by atoms with E-state index in [9.17, 15) is 30.3 Å². The number of ketones is 1. The Morgan fingerprint density at radius 2 is 1.27 bits per heavy atom. The number of hydrogen-bond acceptors (Lipinski definition) is 10. The number of likely N-dealkylation sites (tertiary alicyclic amines) is 2. The number of Topliss-reactive ketones (excluding diaryl/α,β-unsaturated/α-hetero) is 1. The van der Waals surface area contributed by atoms with Crippen molar-refractivity contribution in [3.63, 3.8) is 0 Å². The molecule has 4 bridgehead atoms. The molecule has 10 aliphatic rings. The summed E-state index contributed by atoms with van der Waals surface area (Å²) < 4.78 is 12.2. The molecular formula is C41H50N2O8. The molecule has 2 spiro atoms. The van der Waals surface area contributed by atoms with Crippen LogP contribution in [0.25, 0.3) is 0 Å². The number of carbonyl (C=O) groups is 1. The van der Waals surface area contributed by atoms with Crippen LogP contribution in [0, 0.1) is 11.8 Å². The zero-order valence-electron chi connectivity index (χ0n) is 29.2. The average molecular weight is 699 g/mol. The molecule has 4 aliphatic heterocycles. The van der Waals surface area contributed by atoms with Crippen molar-refractivity contribution in [1.29, 1.82) is 0 Å². The van der Waals surface area contributed by atoms with Gasteiger partial charge in [0.25, 0.3) is 0 Å². The monoisotopic (exact) mass is 698 g/mol. The summed E-state index contributed by atoms with van der Waals surface area (Å²) in [6.07, 6.45) is 10.0. The first-order valence-corrected chi connectivity index (χ1v) is 19.8. The SMILES string of the molecule is O=C1CC[C@@]2(O)[C@H]3Cc4ccc(O)c5c4[C@@]2(CCN3CC2CC2)[C@H]1O5.Oc1ccc2c3c1O[C@H]1[C@@H](O)CC[C@@]4(O)[C@@H](C2)N(CC2CCC2)CC[C@]314. The molecule has 2 saturated heterocycles. The minimum atomic E-state index is -0.940. The van der Waals surface area contributed by atoms with Crippen LogP contribution in [0.1, 0.15) is 92.9 Å². The van der Waals surface area contributed by atoms with E-state index in [1.807, 2.05) is 12.1 Å². The number of aliphatic hydroxyl groups is 3. The quantitative estimate of drug-likeness (QED) is 0.323. The zero-order valence-corrected chi connectivity index (χ0v) is 29.2. The fourth-order valence-corrected chi connectivity index (χ4v) is 13.1. The number of ether oxygens (including phenoxy) is 2. The van der Waals surface area contributed by atoms with Gasteiger partial charge in [0.1, 0.15) is 6.10 Å². The zero-order chi connectivity index (χ0) is 34.7. The summed E-state index contributed by atoms with van der Waals surface area (Å²) in [6, 6.07) is 7.49. The van der Waals surface area contributed by atoms with E-state index in [1.54, 1.807) is 12.1 Å². The maximum atomic E-state index is 12.7. The first-order chi connectivity index (χ1) is 24.6. The van der Waals surface area contributed by atoms with E-state index in [0.717, 1.165) is 80.4 Å². The third kappa shape index (κ3) is 3.83. The molecular weight excluding hydrogens is 648 g/mol. The molecule has 5 N–H and O–H groups in total. The average Bonchev–Trinajstić information content (AvgIpc) is 3.72. The van der Waals surface area contributed by atoms with Crippen LogP contribution < -0.4 is 9.47 Å². The Morgan fingerprint density at radius 3 is 1.88 bits per heavy atom. The normalized spacial score (nSPS) is 42.5. The van der Waals surface area contributed by atoms with Crippen LogP contribution in [0.3, 0.4) is 0 Å². The summed E-state index contributed by atoms with van der Waals surface area (Å²) in [5, 5.41) is 55.5. The molecule has 10 heteroatoms. The van der Waals surface area contributed by atoms with Crippen LogP contribution in [-0.2, 0) is 28.5 Å². The van der Waals surface area contributed by atoms with Crippen LogP contribution in [-0.4, -0.2) is 109 Å². The summed E-state index contributed by atoms with van der Waals surface area (Å²) in [7, 11) is 0. The van der Waals surface area contributed by atoms with Crippen molar-refractivity contribution in [3.05, 3.63) is 46.5 Å². The second-order valence-electron chi connectivity index (χ2n) is 18.0. The van der Waals surface area contributed by atoms with Gasteiger partial charge in [-0.05, 0) is 119 Å². The summed E-state index contributed by atoms with van der Waals surface area (Å²) >= 11 is 0. The molecule has 12 rings (SSSR count). The van der Waals surface area contributed by atoms with Crippen molar-refractivity contribution in [2.45, 2.75) is 136 Å². The molecule has 2 aromatic rings. The molecule has 10 nitrogen and oxygen atoms in total. The molecule has 4 heterocycles. The molecule has 6 aliphatic carbocycles. The Morgan fingerprint density at radius 1 is 0.706 bits per heavy atom. The largest absolute Gasteiger partial charge is 0.504 e. The molecule has 0 unspecified atom stereocenters. The highest BCUT2D eigenvalue weighted by Gasteiger charge is 2.74. The van der Waals surface area contributed by atoms with Crippen LogP contribution in [0.5, 0.6) is 23.0 Å². The van der Waals surface area contributed by atoms with Crippen LogP contribution in [0.4, 0.5) is 0 Å². The number of nitrogens with zero attached hydrogens (tertiary/aromatic N) is 2. The number of aliphatic hydroxyl groups excluding tert-OH is 1. The second kappa shape index (κ2) is 10.4. The third-order valence-electron chi connectivity index (χ3n) is 15.8. The number of phenolic OH excluding ortho intramolecular Hbond substituents is 2. The van der Waals surface area contributed by atoms with Crippen molar-refractivity contribution in [2.24, 2.45) is 11.8 Å². The predicted octanol–water partition coefficient (Wildman–Crippen LogP) is 3.23. The number of carbonyl (C=O) groups excluding carboxylic acids is 1. The highest BCUT2D eigenvalue weighted by atomic mass is 16.5. The van der Waals surface area contributed by atoms with Gasteiger partial charge in [-0.25, -0.2) is 0 Å². The second-order valence-corrected chi connectivity index (χ2v) is 18.0. The van der Waals surface area contributed by atoms with Gasteiger partial charge in [0, 0.05) is 42.7 Å². The number of piperidine rings is 2. The topological polar surface area (TPSA) is 143 Å². The maximum absolute atomic E-state index is 12.7. The summed E-state index contributed by atoms with van der Waals surface area (Å²) in [6.45, 7) is 3.97. The first kappa shape index (κ1) is 31.6. The number of aromatic hydroxyl groups is 2. The summed E-state index contributed by atoms with van der Waals surface area (Å²) in [5.41, 5.74) is 1.17. The molecule has 6 fully saturated rings. The molecule has 2 aromatic carbocycles. The lowest BCUT2D eigenvalue weighted by Gasteiger charge is -2.64. The van der Waals surface area contributed by atoms with E-state index in [2.05, 4.69) is 9.80 Å². The highest BCUT2D eigenvalue weighted by molar-refractivity contribution is 5.90. The van der Waals surface area contributed by atoms with E-state index in [-0.39, 0.29) is 29.4 Å². The van der Waals surface area contributed by atoms with E-state index in [0.29, 0.717) is 37.2 Å². The lowest BCUT2D eigenvalue weighted by molar-refractivity contribution is -0.209. The molecule has 0 aromatic heterocycles. The number of phenols is 2. The molecule has 272 valence electrons. The van der Waals surface area contributed by atoms with Crippen molar-refractivity contribution < 1.29 is 39.8 Å². The lowest BCUT2D eigenvalue weighted by Crippen LogP contribution is -2.77. The Kier molecular flexibility index (Phi) is 6.45. The van der Waals surface area contributed by atoms with Crippen LogP contribution in [0.15, 0.2) is 24.3 Å². The van der Waals surface area contributed by atoms with Gasteiger partial charge >= 0.3 is 0 Å². The minimum absolute atomic E-state index is 0.0454. The van der Waals surface area contributed by atoms with Crippen molar-refractivity contribution in [3.8, 4) is 23.0 Å². The number of benzene rings is 2. The van der Waals surface area contributed by atoms with Gasteiger partial charge in [0.2, 0.25) is 0 Å². The Hall–Kier alpha value is -2.89. The molecule has 51 heavy (non-hydrogen) atoms. The maximum Gasteiger partial charge on any atom is 0.174 e. The lowest BCUT2D eigenvalue weighted by atomic mass is 9.48. The molecule has 0 amide bonds. The smallest absolute Gasteiger partial charge is 0.174 e. The Balaban J connectivity index is 0.000000122. The standard InChI is InChI=1S/C21H27NO4.C20H23NO4/c23-14-5-4-13-10-16-21(25)7-6-15(24)19-20(21,17(13)18(14)26-19)8-9-22(16)11-12-2-1-3-12;22-13-4-3-12-9-15-20(24)6-5-14(23)18-19(20,16(12)17(13)25-18)7-8-21(15)10-11-1-2-11/h4-5,12,15-16,19,23-25H,1-3,6-11H2;3-4,11,15,18,22,24H,1-2,5-10H2/t15-,16+,19-,20-,21+;15-,18+,19+,20-/m01/s1. The summed E-state index contributed by atoms with van der Waals surface area (Å²) in [5.74, 6) is 2.81. The molecule has 0 radical (unpaired) electrons. The van der Waals surface area contributed by atoms with E-state index >= 15 is 0 Å². The van der Waals surface area contributed by atoms with Crippen LogP contribution in [0.2, 0.25) is 0 Å². The molecule has 4 saturated carbocycles. The van der Waals surface area contributed by atoms with Gasteiger partial charge in [-0.1, -0.05) is 18.6 Å². The number of rotatable bonds is 4. The van der Waals surface area contributed by atoms with Crippen LogP contribution >= 0.6 is 0 Å². The van der Waals surface area contributed by atoms with Gasteiger partial charge in [0.05, 0.1) is 28.1 Å². The molecule has 9 atom stereocenters. The Labute approximate surface area is 298 Å². The fourth-order valence-electron chi connectivity index (χ4n) is 13.1. The van der Waals surface area contributed by atoms with Crippen molar-refractivity contribution >= 4 is 5.78 Å². The van der Waals surface area contributed by atoms with Gasteiger partial charge in [-0.15, -0.1) is 0 Å². The minimum Gasteiger partial charge on any atom is -0.504 e. The first-order valence-electron chi connectivity index (χ1n) is 19.8. The van der Waals surface area contributed by atoms with Gasteiger partial charge < -0.3 is 35.0 Å². The van der Waals surface area contributed by atoms with Gasteiger partial charge in [-0.2, -0.15) is 0 Å². The third-order valence-corrected chi connectivity index (χ3v) is 15.8. The van der Waals surface area contributed by atoms with Gasteiger partial charge in [0.15, 0.2) is 34.9 Å². The summed E-state index contributed by atoms with van der Waals surface area (Å²) in [4.78, 5) is 17.7. The van der Waals surface area contributed by atoms with Crippen molar-refractivity contribution in [1.82, 2.24) is 9.80 Å². The predicted molar refractivity (Wildman–Crippen MR) is 185 cm³/mol. The van der Waals surface area contributed by atoms with E-state index < -0.39 is 40.3 Å². The highest BCUT2D eigenvalue weighted by Crippen LogP contribution is 2.67. The van der Waals surface area contributed by atoms with Crippen molar-refractivity contribution in [2.75, 3.05) is 26.2 Å². The Bertz CT molecular complexity index is 1840. The van der Waals surface area contributed by atoms with E-state index in [4.69, 9.17) is 9.47 Å².